The molecule has 19 heavy (non-hydrogen) atoms. The fraction of sp³-hybridized carbons (Fsp3) is 0.200. The van der Waals surface area contributed by atoms with Crippen LogP contribution in [0.1, 0.15) is 12.5 Å². The second-order valence-corrected chi connectivity index (χ2v) is 4.10. The van der Waals surface area contributed by atoms with Crippen LogP contribution in [0.25, 0.3) is 11.1 Å². The van der Waals surface area contributed by atoms with E-state index in [4.69, 9.17) is 0 Å². The van der Waals surface area contributed by atoms with Gasteiger partial charge in [-0.1, -0.05) is 49.4 Å². The van der Waals surface area contributed by atoms with E-state index in [2.05, 4.69) is 4.74 Å². The molecule has 0 aromatic heterocycles. The Bertz CT molecular complexity index is 561. The van der Waals surface area contributed by atoms with Crippen molar-refractivity contribution in [2.45, 2.75) is 19.7 Å². The van der Waals surface area contributed by atoms with Gasteiger partial charge in [-0.25, -0.2) is 0 Å². The summed E-state index contributed by atoms with van der Waals surface area (Å²) in [6.07, 6.45) is -3.85. The van der Waals surface area contributed by atoms with Gasteiger partial charge in [0.25, 0.3) is 0 Å². The molecule has 2 aromatic carbocycles. The third kappa shape index (κ3) is 3.50. The van der Waals surface area contributed by atoms with Gasteiger partial charge in [0, 0.05) is 5.56 Å². The molecular formula is C15H13F3O. The smallest absolute Gasteiger partial charge is 0.405 e. The molecule has 0 fully saturated rings. The molecule has 0 aliphatic heterocycles. The van der Waals surface area contributed by atoms with Gasteiger partial charge in [0.05, 0.1) is 0 Å². The highest BCUT2D eigenvalue weighted by Gasteiger charge is 2.32. The van der Waals surface area contributed by atoms with Gasteiger partial charge in [0.2, 0.25) is 0 Å². The van der Waals surface area contributed by atoms with E-state index in [9.17, 15) is 13.2 Å². The first kappa shape index (κ1) is 13.5. The highest BCUT2D eigenvalue weighted by molar-refractivity contribution is 5.70. The van der Waals surface area contributed by atoms with E-state index in [0.717, 1.165) is 17.5 Å². The molecule has 0 aliphatic rings. The maximum absolute atomic E-state index is 12.4. The molecule has 0 unspecified atom stereocenters. The number of rotatable bonds is 3. The molecule has 0 heterocycles. The van der Waals surface area contributed by atoms with Crippen LogP contribution >= 0.6 is 0 Å². The Hall–Kier alpha value is -1.97. The first-order valence-corrected chi connectivity index (χ1v) is 5.93. The number of hydrogen-bond donors (Lipinski definition) is 0. The van der Waals surface area contributed by atoms with Gasteiger partial charge in [-0.3, -0.25) is 0 Å². The Morgan fingerprint density at radius 3 is 2.42 bits per heavy atom. The molecule has 2 rings (SSSR count). The molecule has 0 atom stereocenters. The van der Waals surface area contributed by atoms with E-state index in [1.165, 1.54) is 12.1 Å². The van der Waals surface area contributed by atoms with Crippen molar-refractivity contribution in [2.75, 3.05) is 0 Å². The first-order chi connectivity index (χ1) is 8.99. The average molecular weight is 266 g/mol. The van der Waals surface area contributed by atoms with Crippen LogP contribution in [-0.4, -0.2) is 6.36 Å². The predicted molar refractivity (Wildman–Crippen MR) is 67.9 cm³/mol. The number of aryl methyl sites for hydroxylation is 1. The summed E-state index contributed by atoms with van der Waals surface area (Å²) in [5.74, 6) is -0.178. The standard InChI is InChI=1S/C15H13F3O/c1-2-11-6-5-7-12(10-11)13-8-3-4-9-14(13)19-15(16,17)18/h3-10H,2H2,1H3. The van der Waals surface area contributed by atoms with E-state index < -0.39 is 6.36 Å². The molecule has 2 aromatic rings. The number of benzene rings is 2. The normalized spacial score (nSPS) is 11.4. The zero-order valence-corrected chi connectivity index (χ0v) is 10.4. The number of ether oxygens (including phenoxy) is 1. The van der Waals surface area contributed by atoms with Crippen LogP contribution in [0.2, 0.25) is 0 Å². The summed E-state index contributed by atoms with van der Waals surface area (Å²) in [5.41, 5.74) is 2.23. The minimum Gasteiger partial charge on any atom is -0.405 e. The summed E-state index contributed by atoms with van der Waals surface area (Å²) >= 11 is 0. The summed E-state index contributed by atoms with van der Waals surface area (Å²) in [4.78, 5) is 0. The van der Waals surface area contributed by atoms with Gasteiger partial charge in [-0.15, -0.1) is 13.2 Å². The van der Waals surface area contributed by atoms with Crippen molar-refractivity contribution in [3.8, 4) is 16.9 Å². The molecule has 1 nitrogen and oxygen atoms in total. The van der Waals surface area contributed by atoms with Crippen LogP contribution in [0.15, 0.2) is 48.5 Å². The molecule has 0 spiro atoms. The number of hydrogen-bond acceptors (Lipinski definition) is 1. The molecule has 0 saturated carbocycles. The molecule has 100 valence electrons. The molecule has 0 amide bonds. The van der Waals surface area contributed by atoms with Crippen LogP contribution in [0, 0.1) is 0 Å². The third-order valence-electron chi connectivity index (χ3n) is 2.76. The first-order valence-electron chi connectivity index (χ1n) is 5.93. The molecule has 0 aliphatic carbocycles. The monoisotopic (exact) mass is 266 g/mol. The van der Waals surface area contributed by atoms with Gasteiger partial charge in [-0.05, 0) is 23.6 Å². The number of halogens is 3. The number of para-hydroxylation sites is 1. The van der Waals surface area contributed by atoms with Crippen LogP contribution in [0.5, 0.6) is 5.75 Å². The maximum atomic E-state index is 12.4. The lowest BCUT2D eigenvalue weighted by Crippen LogP contribution is -2.17. The van der Waals surface area contributed by atoms with Gasteiger partial charge in [-0.2, -0.15) is 0 Å². The summed E-state index contributed by atoms with van der Waals surface area (Å²) < 4.78 is 41.1. The summed E-state index contributed by atoms with van der Waals surface area (Å²) in [7, 11) is 0. The van der Waals surface area contributed by atoms with Crippen LogP contribution in [0.4, 0.5) is 13.2 Å². The zero-order chi connectivity index (χ0) is 13.9. The van der Waals surface area contributed by atoms with Crippen LogP contribution in [0.3, 0.4) is 0 Å². The summed E-state index contributed by atoms with van der Waals surface area (Å²) in [5, 5.41) is 0. The molecule has 0 bridgehead atoms. The number of alkyl halides is 3. The summed E-state index contributed by atoms with van der Waals surface area (Å²) in [6.45, 7) is 2.00. The topological polar surface area (TPSA) is 9.23 Å². The van der Waals surface area contributed by atoms with Crippen molar-refractivity contribution in [1.29, 1.82) is 0 Å². The molecule has 0 N–H and O–H groups in total. The third-order valence-corrected chi connectivity index (χ3v) is 2.76. The van der Waals surface area contributed by atoms with Crippen molar-refractivity contribution < 1.29 is 17.9 Å². The Morgan fingerprint density at radius 2 is 1.74 bits per heavy atom. The molecule has 4 heteroatoms. The minimum absolute atomic E-state index is 0.178. The average Bonchev–Trinajstić information content (AvgIpc) is 2.37. The van der Waals surface area contributed by atoms with E-state index in [0.29, 0.717) is 5.56 Å². The fourth-order valence-electron chi connectivity index (χ4n) is 1.88. The van der Waals surface area contributed by atoms with Crippen molar-refractivity contribution in [3.63, 3.8) is 0 Å². The Labute approximate surface area is 109 Å². The quantitative estimate of drug-likeness (QED) is 0.774. The maximum Gasteiger partial charge on any atom is 0.573 e. The minimum atomic E-state index is -4.68. The van der Waals surface area contributed by atoms with Gasteiger partial charge in [0.1, 0.15) is 5.75 Å². The zero-order valence-electron chi connectivity index (χ0n) is 10.4. The predicted octanol–water partition coefficient (Wildman–Crippen LogP) is 4.81. The van der Waals surface area contributed by atoms with Crippen molar-refractivity contribution in [1.82, 2.24) is 0 Å². The van der Waals surface area contributed by atoms with Gasteiger partial charge < -0.3 is 4.74 Å². The van der Waals surface area contributed by atoms with E-state index in [1.807, 2.05) is 25.1 Å². The Balaban J connectivity index is 2.44. The van der Waals surface area contributed by atoms with E-state index in [-0.39, 0.29) is 5.75 Å². The van der Waals surface area contributed by atoms with E-state index >= 15 is 0 Å². The second kappa shape index (κ2) is 5.34. The fourth-order valence-corrected chi connectivity index (χ4v) is 1.88. The lowest BCUT2D eigenvalue weighted by molar-refractivity contribution is -0.274. The van der Waals surface area contributed by atoms with E-state index in [1.54, 1.807) is 18.2 Å². The Morgan fingerprint density at radius 1 is 1.00 bits per heavy atom. The molecular weight excluding hydrogens is 253 g/mol. The molecule has 0 radical (unpaired) electrons. The summed E-state index contributed by atoms with van der Waals surface area (Å²) in [6, 6.07) is 13.6. The van der Waals surface area contributed by atoms with Crippen molar-refractivity contribution in [3.05, 3.63) is 54.1 Å². The lowest BCUT2D eigenvalue weighted by Gasteiger charge is -2.13. The van der Waals surface area contributed by atoms with Crippen molar-refractivity contribution in [2.24, 2.45) is 0 Å². The van der Waals surface area contributed by atoms with Gasteiger partial charge >= 0.3 is 6.36 Å². The second-order valence-electron chi connectivity index (χ2n) is 4.10. The highest BCUT2D eigenvalue weighted by atomic mass is 19.4. The van der Waals surface area contributed by atoms with Crippen molar-refractivity contribution >= 4 is 0 Å². The Kier molecular flexibility index (Phi) is 3.79. The van der Waals surface area contributed by atoms with Crippen LogP contribution in [-0.2, 0) is 6.42 Å². The van der Waals surface area contributed by atoms with Crippen LogP contribution < -0.4 is 4.74 Å². The highest BCUT2D eigenvalue weighted by Crippen LogP contribution is 2.33. The van der Waals surface area contributed by atoms with Gasteiger partial charge in [0.15, 0.2) is 0 Å². The largest absolute Gasteiger partial charge is 0.573 e. The SMILES string of the molecule is CCc1cccc(-c2ccccc2OC(F)(F)F)c1. The molecule has 0 saturated heterocycles. The lowest BCUT2D eigenvalue weighted by atomic mass is 10.0.